The molecule has 0 spiro atoms. The quantitative estimate of drug-likeness (QED) is 0.884. The average Bonchev–Trinajstić information content (AvgIpc) is 2.82. The summed E-state index contributed by atoms with van der Waals surface area (Å²) in [5, 5.41) is 12.7. The molecule has 0 aromatic carbocycles. The van der Waals surface area contributed by atoms with Crippen molar-refractivity contribution in [3.05, 3.63) is 23.4 Å². The number of hydrogen-bond acceptors (Lipinski definition) is 4. The van der Waals surface area contributed by atoms with Crippen LogP contribution < -0.4 is 5.32 Å². The summed E-state index contributed by atoms with van der Waals surface area (Å²) in [7, 11) is 0. The topological polar surface area (TPSA) is 65.5 Å². The van der Waals surface area contributed by atoms with Crippen molar-refractivity contribution >= 4 is 11.8 Å². The van der Waals surface area contributed by atoms with Crippen LogP contribution in [0.15, 0.2) is 12.1 Å². The number of aryl methyl sites for hydroxylation is 1. The zero-order valence-electron chi connectivity index (χ0n) is 11.8. The van der Waals surface area contributed by atoms with Gasteiger partial charge in [0.05, 0.1) is 0 Å². The number of fused-ring (bicyclic) bond motifs is 1. The standard InChI is InChI=1S/C15H21N3O2/c1-10-5-6-11(15(19)20)14(16-10)17-12-7-9-18-8-3-2-4-13(12)18/h5-6,12-13H,2-4,7-9H2,1H3,(H,16,17)(H,19,20). The first-order valence-corrected chi connectivity index (χ1v) is 7.36. The lowest BCUT2D eigenvalue weighted by Crippen LogP contribution is -2.42. The molecule has 2 N–H and O–H groups in total. The molecule has 0 bridgehead atoms. The van der Waals surface area contributed by atoms with Gasteiger partial charge in [-0.3, -0.25) is 4.90 Å². The van der Waals surface area contributed by atoms with Crippen LogP contribution in [-0.4, -0.2) is 46.1 Å². The van der Waals surface area contributed by atoms with Crippen molar-refractivity contribution in [2.75, 3.05) is 18.4 Å². The Balaban J connectivity index is 1.80. The van der Waals surface area contributed by atoms with E-state index in [1.54, 1.807) is 12.1 Å². The first-order valence-electron chi connectivity index (χ1n) is 7.36. The molecule has 2 unspecified atom stereocenters. The van der Waals surface area contributed by atoms with Gasteiger partial charge < -0.3 is 10.4 Å². The lowest BCUT2D eigenvalue weighted by molar-refractivity contribution is 0.0697. The van der Waals surface area contributed by atoms with E-state index in [1.165, 1.54) is 25.8 Å². The molecule has 2 saturated heterocycles. The summed E-state index contributed by atoms with van der Waals surface area (Å²) in [4.78, 5) is 18.2. The zero-order chi connectivity index (χ0) is 14.1. The highest BCUT2D eigenvalue weighted by Crippen LogP contribution is 2.29. The minimum Gasteiger partial charge on any atom is -0.478 e. The molecular formula is C15H21N3O2. The van der Waals surface area contributed by atoms with E-state index in [4.69, 9.17) is 0 Å². The highest BCUT2D eigenvalue weighted by atomic mass is 16.4. The van der Waals surface area contributed by atoms with Gasteiger partial charge >= 0.3 is 5.97 Å². The Bertz CT molecular complexity index is 518. The van der Waals surface area contributed by atoms with Crippen molar-refractivity contribution < 1.29 is 9.90 Å². The number of carboxylic acids is 1. The number of nitrogens with zero attached hydrogens (tertiary/aromatic N) is 2. The van der Waals surface area contributed by atoms with E-state index < -0.39 is 5.97 Å². The number of hydrogen-bond donors (Lipinski definition) is 2. The van der Waals surface area contributed by atoms with Crippen LogP contribution in [0.3, 0.4) is 0 Å². The second kappa shape index (κ2) is 5.40. The largest absolute Gasteiger partial charge is 0.478 e. The highest BCUT2D eigenvalue weighted by molar-refractivity contribution is 5.93. The van der Waals surface area contributed by atoms with Crippen molar-refractivity contribution in [3.8, 4) is 0 Å². The molecule has 2 atom stereocenters. The van der Waals surface area contributed by atoms with Crippen LogP contribution in [0.25, 0.3) is 0 Å². The average molecular weight is 275 g/mol. The summed E-state index contributed by atoms with van der Waals surface area (Å²) in [5.74, 6) is -0.395. The lowest BCUT2D eigenvalue weighted by Gasteiger charge is -2.32. The van der Waals surface area contributed by atoms with Crippen LogP contribution in [0.1, 0.15) is 41.7 Å². The van der Waals surface area contributed by atoms with Gasteiger partial charge in [0.1, 0.15) is 11.4 Å². The van der Waals surface area contributed by atoms with E-state index in [0.717, 1.165) is 18.7 Å². The number of aromatic nitrogens is 1. The Morgan fingerprint density at radius 3 is 3.00 bits per heavy atom. The smallest absolute Gasteiger partial charge is 0.339 e. The van der Waals surface area contributed by atoms with Gasteiger partial charge in [-0.2, -0.15) is 0 Å². The number of anilines is 1. The number of piperidine rings is 1. The fourth-order valence-corrected chi connectivity index (χ4v) is 3.43. The molecular weight excluding hydrogens is 254 g/mol. The molecule has 108 valence electrons. The summed E-state index contributed by atoms with van der Waals surface area (Å²) in [6, 6.07) is 4.24. The normalized spacial score (nSPS) is 26.2. The van der Waals surface area contributed by atoms with Gasteiger partial charge in [-0.05, 0) is 44.9 Å². The van der Waals surface area contributed by atoms with Crippen LogP contribution in [0.2, 0.25) is 0 Å². The molecule has 3 heterocycles. The molecule has 2 aliphatic heterocycles. The van der Waals surface area contributed by atoms with Crippen LogP contribution >= 0.6 is 0 Å². The first kappa shape index (κ1) is 13.4. The van der Waals surface area contributed by atoms with E-state index in [9.17, 15) is 9.90 Å². The maximum atomic E-state index is 11.3. The molecule has 2 aliphatic rings. The molecule has 5 nitrogen and oxygen atoms in total. The number of pyridine rings is 1. The Morgan fingerprint density at radius 1 is 1.35 bits per heavy atom. The van der Waals surface area contributed by atoms with Crippen molar-refractivity contribution in [2.24, 2.45) is 0 Å². The number of aromatic carboxylic acids is 1. The van der Waals surface area contributed by atoms with Crippen molar-refractivity contribution in [2.45, 2.75) is 44.7 Å². The SMILES string of the molecule is Cc1ccc(C(=O)O)c(NC2CCN3CCCCC23)n1. The molecule has 20 heavy (non-hydrogen) atoms. The fourth-order valence-electron chi connectivity index (χ4n) is 3.43. The Hall–Kier alpha value is -1.62. The van der Waals surface area contributed by atoms with Gasteiger partial charge in [0, 0.05) is 24.3 Å². The van der Waals surface area contributed by atoms with E-state index >= 15 is 0 Å². The van der Waals surface area contributed by atoms with Crippen LogP contribution in [0.4, 0.5) is 5.82 Å². The zero-order valence-corrected chi connectivity index (χ0v) is 11.8. The summed E-state index contributed by atoms with van der Waals surface area (Å²) in [6.45, 7) is 4.17. The third-order valence-corrected chi connectivity index (χ3v) is 4.44. The highest BCUT2D eigenvalue weighted by Gasteiger charge is 2.36. The molecule has 1 aromatic rings. The van der Waals surface area contributed by atoms with E-state index in [2.05, 4.69) is 15.2 Å². The van der Waals surface area contributed by atoms with Crippen molar-refractivity contribution in [3.63, 3.8) is 0 Å². The lowest BCUT2D eigenvalue weighted by atomic mass is 9.99. The summed E-state index contributed by atoms with van der Waals surface area (Å²) in [6.07, 6.45) is 4.82. The maximum Gasteiger partial charge on any atom is 0.339 e. The number of nitrogens with one attached hydrogen (secondary N) is 1. The van der Waals surface area contributed by atoms with Gasteiger partial charge in [0.25, 0.3) is 0 Å². The second-order valence-electron chi connectivity index (χ2n) is 5.79. The van der Waals surface area contributed by atoms with Gasteiger partial charge in [-0.25, -0.2) is 9.78 Å². The predicted molar refractivity (Wildman–Crippen MR) is 77.2 cm³/mol. The molecule has 0 aliphatic carbocycles. The van der Waals surface area contributed by atoms with E-state index in [1.807, 2.05) is 6.92 Å². The Labute approximate surface area is 119 Å². The summed E-state index contributed by atoms with van der Waals surface area (Å²) < 4.78 is 0. The van der Waals surface area contributed by atoms with E-state index in [-0.39, 0.29) is 5.56 Å². The number of rotatable bonds is 3. The fraction of sp³-hybridized carbons (Fsp3) is 0.600. The van der Waals surface area contributed by atoms with E-state index in [0.29, 0.717) is 17.9 Å². The molecule has 1 aromatic heterocycles. The van der Waals surface area contributed by atoms with Crippen LogP contribution in [0, 0.1) is 6.92 Å². The number of carboxylic acid groups (broad SMARTS) is 1. The van der Waals surface area contributed by atoms with Crippen LogP contribution in [0.5, 0.6) is 0 Å². The third kappa shape index (κ3) is 2.50. The molecule has 5 heteroatoms. The van der Waals surface area contributed by atoms with Gasteiger partial charge in [-0.1, -0.05) is 6.42 Å². The molecule has 0 amide bonds. The van der Waals surface area contributed by atoms with Gasteiger partial charge in [0.15, 0.2) is 0 Å². The minimum absolute atomic E-state index is 0.268. The Morgan fingerprint density at radius 2 is 2.20 bits per heavy atom. The second-order valence-corrected chi connectivity index (χ2v) is 5.79. The molecule has 0 saturated carbocycles. The first-order chi connectivity index (χ1) is 9.65. The van der Waals surface area contributed by atoms with Gasteiger partial charge in [0.2, 0.25) is 0 Å². The van der Waals surface area contributed by atoms with Crippen molar-refractivity contribution in [1.82, 2.24) is 9.88 Å². The Kier molecular flexibility index (Phi) is 3.61. The molecule has 2 fully saturated rings. The summed E-state index contributed by atoms with van der Waals surface area (Å²) in [5.41, 5.74) is 1.11. The third-order valence-electron chi connectivity index (χ3n) is 4.44. The van der Waals surface area contributed by atoms with Crippen molar-refractivity contribution in [1.29, 1.82) is 0 Å². The predicted octanol–water partition coefficient (Wildman–Crippen LogP) is 2.13. The summed E-state index contributed by atoms with van der Waals surface area (Å²) >= 11 is 0. The molecule has 0 radical (unpaired) electrons. The maximum absolute atomic E-state index is 11.3. The minimum atomic E-state index is -0.918. The monoisotopic (exact) mass is 275 g/mol. The van der Waals surface area contributed by atoms with Crippen LogP contribution in [-0.2, 0) is 0 Å². The number of carbonyl (C=O) groups is 1. The molecule has 3 rings (SSSR count). The van der Waals surface area contributed by atoms with Gasteiger partial charge in [-0.15, -0.1) is 0 Å².